The molecule has 0 aromatic heterocycles. The number of hydrogen-bond donors (Lipinski definition) is 1. The molecule has 0 aliphatic carbocycles. The van der Waals surface area contributed by atoms with Gasteiger partial charge in [-0.2, -0.15) is 0 Å². The van der Waals surface area contributed by atoms with E-state index in [4.69, 9.17) is 5.73 Å². The van der Waals surface area contributed by atoms with Gasteiger partial charge >= 0.3 is 0 Å². The van der Waals surface area contributed by atoms with Crippen LogP contribution in [0.4, 0.5) is 11.4 Å². The van der Waals surface area contributed by atoms with Crippen molar-refractivity contribution < 1.29 is 0 Å². The lowest BCUT2D eigenvalue weighted by Gasteiger charge is -2.03. The maximum atomic E-state index is 10.3. The van der Waals surface area contributed by atoms with E-state index in [1.165, 1.54) is 0 Å². The predicted octanol–water partition coefficient (Wildman–Crippen LogP) is 2.71. The fraction of sp³-hybridized carbons (Fsp3) is 0.250. The van der Waals surface area contributed by atoms with Crippen LogP contribution in [0.25, 0.3) is 0 Å². The summed E-state index contributed by atoms with van der Waals surface area (Å²) in [5, 5.41) is 2.86. The van der Waals surface area contributed by atoms with Crippen molar-refractivity contribution in [1.82, 2.24) is 0 Å². The molecule has 0 unspecified atom stereocenters. The van der Waals surface area contributed by atoms with Gasteiger partial charge in [0.2, 0.25) is 0 Å². The molecular formula is C8H11ClN2O. The maximum Gasteiger partial charge on any atom is 0.134 e. The van der Waals surface area contributed by atoms with Gasteiger partial charge in [0.05, 0.1) is 5.69 Å². The topological polar surface area (TPSA) is 55.4 Å². The third-order valence-corrected chi connectivity index (χ3v) is 1.82. The predicted molar refractivity (Wildman–Crippen MR) is 53.0 cm³/mol. The number of nitroso groups, excluding NO2 is 1. The summed E-state index contributed by atoms with van der Waals surface area (Å²) in [6, 6.07) is 3.57. The van der Waals surface area contributed by atoms with E-state index in [-0.39, 0.29) is 12.4 Å². The molecule has 0 spiro atoms. The molecular weight excluding hydrogens is 176 g/mol. The van der Waals surface area contributed by atoms with Crippen molar-refractivity contribution in [3.8, 4) is 0 Å². The third-order valence-electron chi connectivity index (χ3n) is 1.82. The molecule has 0 saturated heterocycles. The zero-order chi connectivity index (χ0) is 8.43. The highest BCUT2D eigenvalue weighted by molar-refractivity contribution is 5.85. The Morgan fingerprint density at radius 3 is 2.33 bits per heavy atom. The summed E-state index contributed by atoms with van der Waals surface area (Å²) in [4.78, 5) is 10.3. The third kappa shape index (κ3) is 1.74. The maximum absolute atomic E-state index is 10.3. The standard InChI is InChI=1S/C8H10N2O.ClH/c1-5-3-4-7(9)8(10-11)6(5)2;/h3-4H,9H2,1-2H3;1H. The number of benzene rings is 1. The van der Waals surface area contributed by atoms with E-state index in [1.54, 1.807) is 6.07 Å². The SMILES string of the molecule is Cc1ccc(N)c(N=O)c1C.Cl. The molecule has 0 bridgehead atoms. The van der Waals surface area contributed by atoms with Crippen molar-refractivity contribution >= 4 is 23.8 Å². The molecule has 66 valence electrons. The van der Waals surface area contributed by atoms with Crippen LogP contribution in [0.15, 0.2) is 17.3 Å². The van der Waals surface area contributed by atoms with Crippen LogP contribution in [-0.2, 0) is 0 Å². The van der Waals surface area contributed by atoms with Crippen molar-refractivity contribution in [1.29, 1.82) is 0 Å². The van der Waals surface area contributed by atoms with E-state index in [9.17, 15) is 4.91 Å². The highest BCUT2D eigenvalue weighted by atomic mass is 35.5. The summed E-state index contributed by atoms with van der Waals surface area (Å²) in [7, 11) is 0. The number of nitrogen functional groups attached to an aromatic ring is 1. The second-order valence-electron chi connectivity index (χ2n) is 2.54. The zero-order valence-corrected chi connectivity index (χ0v) is 7.81. The summed E-state index contributed by atoms with van der Waals surface area (Å²) in [5.41, 5.74) is 8.22. The van der Waals surface area contributed by atoms with Gasteiger partial charge in [0.15, 0.2) is 0 Å². The van der Waals surface area contributed by atoms with Gasteiger partial charge in [0.25, 0.3) is 0 Å². The number of nitrogens with two attached hydrogens (primary N) is 1. The Hall–Kier alpha value is -1.09. The van der Waals surface area contributed by atoms with Crippen molar-refractivity contribution in [2.45, 2.75) is 13.8 Å². The first-order chi connectivity index (χ1) is 5.16. The first-order valence-electron chi connectivity index (χ1n) is 3.36. The number of rotatable bonds is 1. The van der Waals surface area contributed by atoms with Crippen LogP contribution in [0.3, 0.4) is 0 Å². The van der Waals surface area contributed by atoms with E-state index in [0.29, 0.717) is 11.4 Å². The molecule has 3 nitrogen and oxygen atoms in total. The van der Waals surface area contributed by atoms with Gasteiger partial charge in [-0.25, -0.2) is 0 Å². The summed E-state index contributed by atoms with van der Waals surface area (Å²) >= 11 is 0. The van der Waals surface area contributed by atoms with Gasteiger partial charge in [-0.05, 0) is 36.2 Å². The van der Waals surface area contributed by atoms with Crippen LogP contribution in [0.5, 0.6) is 0 Å². The monoisotopic (exact) mass is 186 g/mol. The molecule has 0 saturated carbocycles. The first kappa shape index (κ1) is 10.9. The van der Waals surface area contributed by atoms with E-state index in [2.05, 4.69) is 5.18 Å². The molecule has 2 N–H and O–H groups in total. The summed E-state index contributed by atoms with van der Waals surface area (Å²) in [6.45, 7) is 3.76. The fourth-order valence-electron chi connectivity index (χ4n) is 0.943. The Morgan fingerprint density at radius 2 is 1.92 bits per heavy atom. The molecule has 0 aliphatic rings. The Labute approximate surface area is 77.3 Å². The zero-order valence-electron chi connectivity index (χ0n) is 7.00. The van der Waals surface area contributed by atoms with Gasteiger partial charge in [-0.15, -0.1) is 17.3 Å². The normalized spacial score (nSPS) is 8.83. The first-order valence-corrected chi connectivity index (χ1v) is 3.36. The minimum absolute atomic E-state index is 0. The molecule has 12 heavy (non-hydrogen) atoms. The Balaban J connectivity index is 0.00000121. The van der Waals surface area contributed by atoms with Crippen LogP contribution in [-0.4, -0.2) is 0 Å². The van der Waals surface area contributed by atoms with Gasteiger partial charge in [0.1, 0.15) is 5.69 Å². The molecule has 0 aliphatic heterocycles. The van der Waals surface area contributed by atoms with Crippen molar-refractivity contribution in [2.75, 3.05) is 5.73 Å². The highest BCUT2D eigenvalue weighted by Gasteiger charge is 2.04. The second kappa shape index (κ2) is 4.07. The molecule has 1 aromatic rings. The number of halogens is 1. The molecule has 4 heteroatoms. The van der Waals surface area contributed by atoms with Crippen molar-refractivity contribution in [2.24, 2.45) is 5.18 Å². The summed E-state index contributed by atoms with van der Waals surface area (Å²) in [6.07, 6.45) is 0. The number of nitrogens with zero attached hydrogens (tertiary/aromatic N) is 1. The average Bonchev–Trinajstić information content (AvgIpc) is 1.99. The van der Waals surface area contributed by atoms with E-state index in [1.807, 2.05) is 19.9 Å². The van der Waals surface area contributed by atoms with E-state index >= 15 is 0 Å². The summed E-state index contributed by atoms with van der Waals surface area (Å²) in [5.74, 6) is 0. The molecule has 0 fully saturated rings. The number of hydrogen-bond acceptors (Lipinski definition) is 3. The highest BCUT2D eigenvalue weighted by Crippen LogP contribution is 2.27. The largest absolute Gasteiger partial charge is 0.397 e. The van der Waals surface area contributed by atoms with Crippen LogP contribution in [0.2, 0.25) is 0 Å². The minimum atomic E-state index is 0. The quantitative estimate of drug-likeness (QED) is 0.542. The molecule has 1 aromatic carbocycles. The van der Waals surface area contributed by atoms with Gasteiger partial charge in [0, 0.05) is 0 Å². The second-order valence-corrected chi connectivity index (χ2v) is 2.54. The molecule has 0 amide bonds. The molecule has 0 heterocycles. The molecule has 0 radical (unpaired) electrons. The smallest absolute Gasteiger partial charge is 0.134 e. The lowest BCUT2D eigenvalue weighted by Crippen LogP contribution is -1.89. The van der Waals surface area contributed by atoms with E-state index < -0.39 is 0 Å². The Morgan fingerprint density at radius 1 is 1.33 bits per heavy atom. The average molecular weight is 187 g/mol. The van der Waals surface area contributed by atoms with E-state index in [0.717, 1.165) is 11.1 Å². The number of anilines is 1. The lowest BCUT2D eigenvalue weighted by molar-refractivity contribution is 1.31. The van der Waals surface area contributed by atoms with Gasteiger partial charge in [-0.1, -0.05) is 6.07 Å². The van der Waals surface area contributed by atoms with Crippen LogP contribution < -0.4 is 5.73 Å². The minimum Gasteiger partial charge on any atom is -0.397 e. The molecule has 0 atom stereocenters. The number of aryl methyl sites for hydroxylation is 1. The Kier molecular flexibility index (Phi) is 3.70. The summed E-state index contributed by atoms with van der Waals surface area (Å²) < 4.78 is 0. The Bertz CT molecular complexity index is 299. The van der Waals surface area contributed by atoms with Crippen LogP contribution >= 0.6 is 12.4 Å². The fourth-order valence-corrected chi connectivity index (χ4v) is 0.943. The van der Waals surface area contributed by atoms with Gasteiger partial charge in [-0.3, -0.25) is 0 Å². The molecule has 1 rings (SSSR count). The van der Waals surface area contributed by atoms with Crippen molar-refractivity contribution in [3.05, 3.63) is 28.2 Å². The lowest BCUT2D eigenvalue weighted by atomic mass is 10.1. The van der Waals surface area contributed by atoms with Crippen molar-refractivity contribution in [3.63, 3.8) is 0 Å². The van der Waals surface area contributed by atoms with Crippen LogP contribution in [0, 0.1) is 18.8 Å². The van der Waals surface area contributed by atoms with Crippen LogP contribution in [0.1, 0.15) is 11.1 Å². The van der Waals surface area contributed by atoms with Gasteiger partial charge < -0.3 is 5.73 Å².